The lowest BCUT2D eigenvalue weighted by Crippen LogP contribution is -2.42. The van der Waals surface area contributed by atoms with Crippen LogP contribution in [0.1, 0.15) is 42.5 Å². The summed E-state index contributed by atoms with van der Waals surface area (Å²) >= 11 is 0. The molecular formula is C23H23F4N7O. The molecule has 0 spiro atoms. The molecule has 4 heterocycles. The van der Waals surface area contributed by atoms with Crippen molar-refractivity contribution in [1.29, 1.82) is 0 Å². The number of hydrogen-bond donors (Lipinski definition) is 0. The van der Waals surface area contributed by atoms with E-state index in [2.05, 4.69) is 25.2 Å². The largest absolute Gasteiger partial charge is 0.406 e. The van der Waals surface area contributed by atoms with Crippen molar-refractivity contribution >= 4 is 17.4 Å². The van der Waals surface area contributed by atoms with Crippen molar-refractivity contribution in [2.45, 2.75) is 43.8 Å². The molecule has 2 aliphatic rings. The van der Waals surface area contributed by atoms with Crippen molar-refractivity contribution in [3.8, 4) is 0 Å². The monoisotopic (exact) mass is 489 g/mol. The Hall–Kier alpha value is -3.57. The fourth-order valence-electron chi connectivity index (χ4n) is 4.84. The van der Waals surface area contributed by atoms with Crippen LogP contribution in [0.3, 0.4) is 0 Å². The molecule has 12 heteroatoms. The molecule has 0 saturated carbocycles. The first-order valence-electron chi connectivity index (χ1n) is 11.4. The average Bonchev–Trinajstić information content (AvgIpc) is 3.28. The minimum atomic E-state index is -4.64. The number of fused-ring (bicyclic) bond motifs is 1. The van der Waals surface area contributed by atoms with E-state index in [4.69, 9.17) is 0 Å². The van der Waals surface area contributed by atoms with Crippen molar-refractivity contribution in [2.24, 2.45) is 0 Å². The predicted octanol–water partition coefficient (Wildman–Crippen LogP) is 3.67. The molecule has 1 atom stereocenters. The number of anilines is 2. The lowest BCUT2D eigenvalue weighted by Gasteiger charge is -2.31. The highest BCUT2D eigenvalue weighted by Gasteiger charge is 2.40. The lowest BCUT2D eigenvalue weighted by atomic mass is 9.94. The Kier molecular flexibility index (Phi) is 6.12. The fourth-order valence-corrected chi connectivity index (χ4v) is 4.84. The van der Waals surface area contributed by atoms with E-state index < -0.39 is 30.5 Å². The Bertz CT molecular complexity index is 1190. The topological polar surface area (TPSA) is 80.0 Å². The average molecular weight is 489 g/mol. The van der Waals surface area contributed by atoms with Gasteiger partial charge >= 0.3 is 6.18 Å². The Balaban J connectivity index is 1.35. The standard InChI is InChI=1S/C23H23F4N7O/c24-17-2-1-3-19-16(17)4-5-20(22(35)33(19)13-23(25,26)27)34-12-18(30-31-34)15-7-10-32(11-8-15)21-6-9-28-14-29-21/h1-3,6,9,12,14-15,20H,4-5,7-8,10-11,13H2. The van der Waals surface area contributed by atoms with Gasteiger partial charge in [0.2, 0.25) is 0 Å². The summed E-state index contributed by atoms with van der Waals surface area (Å²) in [7, 11) is 0. The van der Waals surface area contributed by atoms with Gasteiger partial charge in [0.15, 0.2) is 0 Å². The first kappa shape index (κ1) is 23.2. The minimum Gasteiger partial charge on any atom is -0.356 e. The van der Waals surface area contributed by atoms with Crippen LogP contribution in [-0.2, 0) is 11.2 Å². The third-order valence-corrected chi connectivity index (χ3v) is 6.59. The number of alkyl halides is 3. The van der Waals surface area contributed by atoms with Crippen LogP contribution in [0.4, 0.5) is 29.1 Å². The van der Waals surface area contributed by atoms with Gasteiger partial charge < -0.3 is 9.80 Å². The number of carbonyl (C=O) groups excluding carboxylic acids is 1. The summed E-state index contributed by atoms with van der Waals surface area (Å²) in [6.07, 6.45) is 2.01. The van der Waals surface area contributed by atoms with Crippen molar-refractivity contribution < 1.29 is 22.4 Å². The Morgan fingerprint density at radius 1 is 1.09 bits per heavy atom. The molecule has 1 aromatic carbocycles. The predicted molar refractivity (Wildman–Crippen MR) is 118 cm³/mol. The number of nitrogens with zero attached hydrogens (tertiary/aromatic N) is 7. The summed E-state index contributed by atoms with van der Waals surface area (Å²) in [6, 6.07) is 4.69. The molecule has 0 aliphatic carbocycles. The zero-order valence-electron chi connectivity index (χ0n) is 18.7. The summed E-state index contributed by atoms with van der Waals surface area (Å²) in [5.41, 5.74) is 0.743. The summed E-state index contributed by atoms with van der Waals surface area (Å²) in [4.78, 5) is 24.3. The van der Waals surface area contributed by atoms with Crippen LogP contribution in [0.5, 0.6) is 0 Å². The van der Waals surface area contributed by atoms with Gasteiger partial charge in [-0.1, -0.05) is 11.3 Å². The normalized spacial score (nSPS) is 19.5. The molecule has 1 fully saturated rings. The maximum Gasteiger partial charge on any atom is 0.406 e. The highest BCUT2D eigenvalue weighted by molar-refractivity contribution is 5.97. The van der Waals surface area contributed by atoms with Crippen LogP contribution >= 0.6 is 0 Å². The van der Waals surface area contributed by atoms with E-state index >= 15 is 0 Å². The van der Waals surface area contributed by atoms with Gasteiger partial charge in [0, 0.05) is 37.0 Å². The first-order chi connectivity index (χ1) is 16.8. The third kappa shape index (κ3) is 4.82. The molecular weight excluding hydrogens is 466 g/mol. The summed E-state index contributed by atoms with van der Waals surface area (Å²) in [5, 5.41) is 8.36. The van der Waals surface area contributed by atoms with E-state index in [0.29, 0.717) is 10.6 Å². The van der Waals surface area contributed by atoms with Gasteiger partial charge in [-0.3, -0.25) is 4.79 Å². The minimum absolute atomic E-state index is 0.0488. The summed E-state index contributed by atoms with van der Waals surface area (Å²) in [5.74, 6) is -0.453. The number of amides is 1. The van der Waals surface area contributed by atoms with E-state index in [1.807, 2.05) is 6.07 Å². The van der Waals surface area contributed by atoms with Gasteiger partial charge in [-0.2, -0.15) is 13.2 Å². The SMILES string of the molecule is O=C1C(n2cc(C3CCN(c4ccncn4)CC3)nn2)CCc2c(F)cccc2N1CC(F)(F)F. The molecule has 1 saturated heterocycles. The zero-order chi connectivity index (χ0) is 24.6. The highest BCUT2D eigenvalue weighted by atomic mass is 19.4. The number of piperidine rings is 1. The van der Waals surface area contributed by atoms with Crippen LogP contribution in [0.2, 0.25) is 0 Å². The number of hydrogen-bond acceptors (Lipinski definition) is 6. The van der Waals surface area contributed by atoms with Crippen LogP contribution < -0.4 is 9.80 Å². The molecule has 5 rings (SSSR count). The quantitative estimate of drug-likeness (QED) is 0.521. The van der Waals surface area contributed by atoms with Gasteiger partial charge in [0.25, 0.3) is 5.91 Å². The van der Waals surface area contributed by atoms with E-state index in [9.17, 15) is 22.4 Å². The van der Waals surface area contributed by atoms with Crippen molar-refractivity contribution in [3.63, 3.8) is 0 Å². The number of rotatable bonds is 4. The molecule has 0 radical (unpaired) electrons. The second kappa shape index (κ2) is 9.23. The van der Waals surface area contributed by atoms with E-state index in [1.54, 1.807) is 12.4 Å². The molecule has 2 aliphatic heterocycles. The van der Waals surface area contributed by atoms with Crippen LogP contribution in [0.25, 0.3) is 0 Å². The number of halogens is 4. The van der Waals surface area contributed by atoms with Gasteiger partial charge in [-0.15, -0.1) is 5.10 Å². The Labute approximate surface area is 198 Å². The molecule has 2 aromatic heterocycles. The van der Waals surface area contributed by atoms with Gasteiger partial charge in [0.05, 0.1) is 11.4 Å². The molecule has 3 aromatic rings. The second-order valence-electron chi connectivity index (χ2n) is 8.78. The zero-order valence-corrected chi connectivity index (χ0v) is 18.7. The lowest BCUT2D eigenvalue weighted by molar-refractivity contribution is -0.134. The smallest absolute Gasteiger partial charge is 0.356 e. The van der Waals surface area contributed by atoms with Crippen molar-refractivity contribution in [3.05, 3.63) is 60.1 Å². The van der Waals surface area contributed by atoms with E-state index in [-0.39, 0.29) is 30.0 Å². The Morgan fingerprint density at radius 2 is 1.89 bits per heavy atom. The summed E-state index contributed by atoms with van der Waals surface area (Å²) < 4.78 is 55.8. The number of aromatic nitrogens is 5. The van der Waals surface area contributed by atoms with Gasteiger partial charge in [0.1, 0.15) is 30.5 Å². The first-order valence-corrected chi connectivity index (χ1v) is 11.4. The van der Waals surface area contributed by atoms with Crippen LogP contribution in [0.15, 0.2) is 43.0 Å². The van der Waals surface area contributed by atoms with E-state index in [1.165, 1.54) is 29.2 Å². The maximum absolute atomic E-state index is 14.5. The van der Waals surface area contributed by atoms with Gasteiger partial charge in [-0.25, -0.2) is 19.0 Å². The highest BCUT2D eigenvalue weighted by Crippen LogP contribution is 2.35. The summed E-state index contributed by atoms with van der Waals surface area (Å²) in [6.45, 7) is 0.0114. The van der Waals surface area contributed by atoms with Gasteiger partial charge in [-0.05, 0) is 43.9 Å². The molecule has 184 valence electrons. The molecule has 1 unspecified atom stereocenters. The molecule has 35 heavy (non-hydrogen) atoms. The molecule has 1 amide bonds. The van der Waals surface area contributed by atoms with E-state index in [0.717, 1.165) is 31.7 Å². The number of carbonyl (C=O) groups is 1. The fraction of sp³-hybridized carbons (Fsp3) is 0.435. The molecule has 0 N–H and O–H groups in total. The van der Waals surface area contributed by atoms with Crippen molar-refractivity contribution in [1.82, 2.24) is 25.0 Å². The van der Waals surface area contributed by atoms with Crippen LogP contribution in [0, 0.1) is 5.82 Å². The maximum atomic E-state index is 14.5. The Morgan fingerprint density at radius 3 is 2.60 bits per heavy atom. The third-order valence-electron chi connectivity index (χ3n) is 6.59. The van der Waals surface area contributed by atoms with Crippen LogP contribution in [-0.4, -0.2) is 56.7 Å². The van der Waals surface area contributed by atoms with Crippen molar-refractivity contribution in [2.75, 3.05) is 29.4 Å². The molecule has 0 bridgehead atoms. The number of benzene rings is 1. The molecule has 8 nitrogen and oxygen atoms in total. The second-order valence-corrected chi connectivity index (χ2v) is 8.78.